The molecule has 0 saturated heterocycles. The summed E-state index contributed by atoms with van der Waals surface area (Å²) in [4.78, 5) is 68.6. The zero-order valence-electron chi connectivity index (χ0n) is 88.6. The zero-order valence-corrected chi connectivity index (χ0v) is 91.8. The predicted molar refractivity (Wildman–Crippen MR) is 609 cm³/mol. The third-order valence-corrected chi connectivity index (χ3v) is 23.8. The summed E-state index contributed by atoms with van der Waals surface area (Å²) in [6, 6.07) is 90.9. The second-order valence-electron chi connectivity index (χ2n) is 31.0. The average Bonchev–Trinajstić information content (AvgIpc) is 0.969. The van der Waals surface area contributed by atoms with Gasteiger partial charge in [-0.25, -0.2) is 59.8 Å². The van der Waals surface area contributed by atoms with Gasteiger partial charge in [-0.3, -0.25) is 9.97 Å². The van der Waals surface area contributed by atoms with Crippen LogP contribution in [0.4, 0.5) is 0 Å². The maximum atomic E-state index is 5.63. The smallest absolute Gasteiger partial charge is 0.248 e. The number of nitrogens with zero attached hydrogens (tertiary/aromatic N) is 20. The first-order chi connectivity index (χ1) is 71.1. The van der Waals surface area contributed by atoms with Crippen LogP contribution in [0.3, 0.4) is 0 Å². The molecular weight excluding hydrogens is 1880 g/mol. The Morgan fingerprint density at radius 3 is 0.664 bits per heavy atom. The van der Waals surface area contributed by atoms with E-state index in [-0.39, 0.29) is 0 Å². The van der Waals surface area contributed by atoms with Crippen molar-refractivity contribution < 1.29 is 8.83 Å². The fourth-order valence-electron chi connectivity index (χ4n) is 13.0. The molecule has 9 aromatic carbocycles. The van der Waals surface area contributed by atoms with Gasteiger partial charge in [-0.15, -0.1) is 64.6 Å². The van der Waals surface area contributed by atoms with Gasteiger partial charge in [0.25, 0.3) is 0 Å². The SMILES string of the molecule is CC.CC.CC.CC.CC.CC.Cc1ccc(-c2cc(-c3ccc(C)s3)cc(-c3ccc(C)s3)c2)s1.Cc1ccc(-c2nc(-c3ccc(C)cc3)nc(-c3ccc(C)cc3)n2)cc1.Cc1cnc(-c2cc(-c3ncc(C)cn3)cc(-c3ncc(C)cn3)c2)nc1.Cc1nc(C)nc(C)n1.Cc1nnc(C)o1.c1ccc(-c2nnc(-c3ccccc3)o2)cc1.c1ccc(-c2nnc(-c3ccccc3)s2)cc1.c1cnccn1. The number of aryl methyl sites for hydroxylation is 14. The molecule has 0 radical (unpaired) electrons. The minimum atomic E-state index is 0.546. The van der Waals surface area contributed by atoms with Crippen molar-refractivity contribution in [1.29, 1.82) is 0 Å². The van der Waals surface area contributed by atoms with E-state index in [4.69, 9.17) is 23.8 Å². The molecule has 0 aliphatic rings. The summed E-state index contributed by atoms with van der Waals surface area (Å²) >= 11 is 7.21. The Morgan fingerprint density at radius 1 is 0.192 bits per heavy atom. The van der Waals surface area contributed by atoms with Crippen LogP contribution in [0.1, 0.15) is 160 Å². The van der Waals surface area contributed by atoms with Crippen LogP contribution in [0.15, 0.2) is 338 Å². The summed E-state index contributed by atoms with van der Waals surface area (Å²) in [5.74, 6) is 8.71. The van der Waals surface area contributed by atoms with Gasteiger partial charge in [0.15, 0.2) is 34.9 Å². The highest BCUT2D eigenvalue weighted by atomic mass is 32.1. The van der Waals surface area contributed by atoms with Crippen molar-refractivity contribution in [3.05, 3.63) is 406 Å². The lowest BCUT2D eigenvalue weighted by atomic mass is 10.0. The first-order valence-electron chi connectivity index (χ1n) is 48.9. The van der Waals surface area contributed by atoms with E-state index in [0.717, 1.165) is 99.8 Å². The van der Waals surface area contributed by atoms with Crippen molar-refractivity contribution in [2.24, 2.45) is 0 Å². The molecule has 26 heteroatoms. The monoisotopic (exact) mass is 2010 g/mol. The summed E-state index contributed by atoms with van der Waals surface area (Å²) in [6.07, 6.45) is 17.4. The second kappa shape index (κ2) is 62.6. The number of thiophene rings is 3. The van der Waals surface area contributed by atoms with Gasteiger partial charge in [-0.05, 0) is 214 Å². The number of aromatic nitrogens is 20. The molecule has 21 aromatic rings. The topological polar surface area (TPSA) is 284 Å². The van der Waals surface area contributed by atoms with Crippen LogP contribution in [-0.2, 0) is 0 Å². The summed E-state index contributed by atoms with van der Waals surface area (Å²) in [7, 11) is 0. The van der Waals surface area contributed by atoms with Gasteiger partial charge in [0.05, 0.1) is 0 Å². The normalized spacial score (nSPS) is 9.85. The third kappa shape index (κ3) is 37.2. The number of rotatable bonds is 13. The van der Waals surface area contributed by atoms with Crippen LogP contribution in [0.2, 0.25) is 0 Å². The molecule has 0 fully saturated rings. The van der Waals surface area contributed by atoms with Crippen molar-refractivity contribution in [2.75, 3.05) is 0 Å². The Morgan fingerprint density at radius 2 is 0.438 bits per heavy atom. The molecule has 0 aliphatic carbocycles. The Bertz CT molecular complexity index is 6310. The van der Waals surface area contributed by atoms with E-state index < -0.39 is 0 Å². The van der Waals surface area contributed by atoms with E-state index in [9.17, 15) is 0 Å². The molecular formula is C120H132N20O2S4. The van der Waals surface area contributed by atoms with E-state index in [1.54, 1.807) is 87.2 Å². The van der Waals surface area contributed by atoms with E-state index >= 15 is 0 Å². The van der Waals surface area contributed by atoms with Crippen LogP contribution >= 0.6 is 45.3 Å². The van der Waals surface area contributed by atoms with Crippen molar-refractivity contribution in [2.45, 2.75) is 180 Å². The van der Waals surface area contributed by atoms with E-state index in [1.807, 2.05) is 274 Å². The maximum Gasteiger partial charge on any atom is 0.248 e. The zero-order chi connectivity index (χ0) is 106. The van der Waals surface area contributed by atoms with Gasteiger partial charge >= 0.3 is 0 Å². The number of benzene rings is 9. The molecule has 0 N–H and O–H groups in total. The first-order valence-corrected chi connectivity index (χ1v) is 52.2. The fourth-order valence-corrected chi connectivity index (χ4v) is 16.4. The lowest BCUT2D eigenvalue weighted by Gasteiger charge is -2.09. The predicted octanol–water partition coefficient (Wildman–Crippen LogP) is 33.0. The molecule has 748 valence electrons. The molecule has 0 unspecified atom stereocenters. The molecule has 0 atom stereocenters. The van der Waals surface area contributed by atoms with Crippen LogP contribution in [0.5, 0.6) is 0 Å². The number of hydrogen-bond donors (Lipinski definition) is 0. The fraction of sp³-hybridized carbons (Fsp3) is 0.217. The molecule has 12 aromatic heterocycles. The maximum absolute atomic E-state index is 5.63. The Labute approximate surface area is 878 Å². The van der Waals surface area contributed by atoms with E-state index in [0.29, 0.717) is 58.5 Å². The molecule has 22 nitrogen and oxygen atoms in total. The van der Waals surface area contributed by atoms with Crippen LogP contribution < -0.4 is 0 Å². The largest absolute Gasteiger partial charge is 0.426 e. The second-order valence-corrected chi connectivity index (χ2v) is 35.8. The Kier molecular flexibility index (Phi) is 49.6. The Balaban J connectivity index is 0.000000208. The van der Waals surface area contributed by atoms with Gasteiger partial charge in [0.2, 0.25) is 23.6 Å². The Hall–Kier alpha value is -15.7. The number of hydrogen-bond acceptors (Lipinski definition) is 26. The summed E-state index contributed by atoms with van der Waals surface area (Å²) in [5.41, 5.74) is 20.3. The molecule has 12 heterocycles. The minimum Gasteiger partial charge on any atom is -0.426 e. The van der Waals surface area contributed by atoms with Gasteiger partial charge in [0, 0.05) is 161 Å². The molecule has 0 aliphatic heterocycles. The summed E-state index contributed by atoms with van der Waals surface area (Å²) in [6.45, 7) is 51.7. The molecule has 146 heavy (non-hydrogen) atoms. The molecule has 0 spiro atoms. The molecule has 0 saturated carbocycles. The molecule has 0 bridgehead atoms. The lowest BCUT2D eigenvalue weighted by molar-refractivity contribution is 0.489. The van der Waals surface area contributed by atoms with Gasteiger partial charge in [-0.2, -0.15) is 0 Å². The van der Waals surface area contributed by atoms with E-state index in [1.165, 1.54) is 62.6 Å². The van der Waals surface area contributed by atoms with Gasteiger partial charge < -0.3 is 8.83 Å². The van der Waals surface area contributed by atoms with Crippen LogP contribution in [-0.4, -0.2) is 100 Å². The van der Waals surface area contributed by atoms with Gasteiger partial charge in [0.1, 0.15) is 27.5 Å². The highest BCUT2D eigenvalue weighted by Gasteiger charge is 2.18. The minimum absolute atomic E-state index is 0.546. The first kappa shape index (κ1) is 116. The standard InChI is InChI=1S/C24H21N3.C21H18N6.C21H18S3.C14H10N2O.C14H10N2S.C6H9N3.C4H6N2O.C4H4N2.6C2H6/c1-16-4-10-19(11-5-16)22-25-23(20-12-6-17(2)7-13-20)27-24(26-22)21-14-8-18(3)9-15-21;1-13-7-22-19(23-8-13)16-4-17(20-24-9-14(2)10-25-20)6-18(5-16)21-26-11-15(3)12-27-21;1-13-4-7-19(22-13)16-10-17(20-8-5-14(2)23-20)12-18(11-16)21-9-6-15(3)24-21;2*1-3-7-11(8-4-1)13-15-16-14(17-13)12-9-5-2-6-10-12;1-4-7-5(2)9-6(3)8-4;1-3-5-6-4(2)7-3;1-2-6-4-3-5-1;6*1-2/h4-15H,1-3H3;4-12H,1-3H3;4-12H,1-3H3;2*1-10H;1-3H3;1-2H3;1-4H;6*1-2H3. The van der Waals surface area contributed by atoms with E-state index in [2.05, 4.69) is 279 Å². The third-order valence-electron chi connectivity index (χ3n) is 19.6. The van der Waals surface area contributed by atoms with Crippen LogP contribution in [0.25, 0.3) is 144 Å². The van der Waals surface area contributed by atoms with Gasteiger partial charge in [-0.1, -0.05) is 281 Å². The van der Waals surface area contributed by atoms with Crippen molar-refractivity contribution in [1.82, 2.24) is 100 Å². The molecule has 21 rings (SSSR count). The highest BCUT2D eigenvalue weighted by Crippen LogP contribution is 2.40. The average molecular weight is 2010 g/mol. The summed E-state index contributed by atoms with van der Waals surface area (Å²) in [5, 5.41) is 25.7. The quantitative estimate of drug-likeness (QED) is 0.104. The van der Waals surface area contributed by atoms with Crippen molar-refractivity contribution >= 4 is 45.3 Å². The summed E-state index contributed by atoms with van der Waals surface area (Å²) < 4.78 is 10.5. The van der Waals surface area contributed by atoms with Crippen molar-refractivity contribution in [3.63, 3.8) is 0 Å². The van der Waals surface area contributed by atoms with Crippen molar-refractivity contribution in [3.8, 4) is 144 Å². The highest BCUT2D eigenvalue weighted by molar-refractivity contribution is 7.18. The molecule has 0 amide bonds. The lowest BCUT2D eigenvalue weighted by Crippen LogP contribution is -2.00. The van der Waals surface area contributed by atoms with Crippen LogP contribution in [0, 0.1) is 96.9 Å².